The fourth-order valence-corrected chi connectivity index (χ4v) is 1.45. The van der Waals surface area contributed by atoms with E-state index in [1.165, 1.54) is 13.1 Å². The van der Waals surface area contributed by atoms with Gasteiger partial charge in [-0.3, -0.25) is 4.90 Å². The van der Waals surface area contributed by atoms with E-state index in [0.717, 1.165) is 11.8 Å². The second kappa shape index (κ2) is 3.55. The highest BCUT2D eigenvalue weighted by Crippen LogP contribution is 2.24. The van der Waals surface area contributed by atoms with E-state index in [2.05, 4.69) is 25.7 Å². The molecule has 0 aromatic rings. The standard InChI is InChI=1S/C9H19NO/c1-7(2)9-4-10(5-9)8(3)6-11/h7-9,11H,4-6H2,1-3H3. The average molecular weight is 157 g/mol. The molecule has 1 fully saturated rings. The zero-order chi connectivity index (χ0) is 8.43. The number of hydrogen-bond acceptors (Lipinski definition) is 2. The molecule has 0 aliphatic carbocycles. The summed E-state index contributed by atoms with van der Waals surface area (Å²) >= 11 is 0. The van der Waals surface area contributed by atoms with Crippen molar-refractivity contribution in [2.75, 3.05) is 19.7 Å². The smallest absolute Gasteiger partial charge is 0.0584 e. The Morgan fingerprint density at radius 3 is 2.27 bits per heavy atom. The molecule has 1 N–H and O–H groups in total. The molecule has 2 heteroatoms. The van der Waals surface area contributed by atoms with Crippen LogP contribution in [0.1, 0.15) is 20.8 Å². The Hall–Kier alpha value is -0.0800. The Morgan fingerprint density at radius 1 is 1.36 bits per heavy atom. The molecule has 1 atom stereocenters. The predicted octanol–water partition coefficient (Wildman–Crippen LogP) is 0.955. The van der Waals surface area contributed by atoms with Gasteiger partial charge in [-0.15, -0.1) is 0 Å². The van der Waals surface area contributed by atoms with Crippen molar-refractivity contribution < 1.29 is 5.11 Å². The molecule has 0 amide bonds. The molecular formula is C9H19NO. The van der Waals surface area contributed by atoms with Crippen molar-refractivity contribution >= 4 is 0 Å². The topological polar surface area (TPSA) is 23.5 Å². The lowest BCUT2D eigenvalue weighted by Crippen LogP contribution is -2.53. The molecule has 0 aromatic heterocycles. The molecule has 1 aliphatic rings. The van der Waals surface area contributed by atoms with Gasteiger partial charge in [0.25, 0.3) is 0 Å². The van der Waals surface area contributed by atoms with Crippen LogP contribution >= 0.6 is 0 Å². The molecule has 1 rings (SSSR count). The van der Waals surface area contributed by atoms with Crippen LogP contribution in [0.2, 0.25) is 0 Å². The molecule has 0 radical (unpaired) electrons. The average Bonchev–Trinajstić information content (AvgIpc) is 1.83. The summed E-state index contributed by atoms with van der Waals surface area (Å²) in [5.74, 6) is 1.67. The summed E-state index contributed by atoms with van der Waals surface area (Å²) in [5.41, 5.74) is 0. The Labute approximate surface area is 69.2 Å². The van der Waals surface area contributed by atoms with Gasteiger partial charge in [0.1, 0.15) is 0 Å². The highest BCUT2D eigenvalue weighted by molar-refractivity contribution is 4.84. The fraction of sp³-hybridized carbons (Fsp3) is 1.00. The summed E-state index contributed by atoms with van der Waals surface area (Å²) in [7, 11) is 0. The summed E-state index contributed by atoms with van der Waals surface area (Å²) in [6.45, 7) is 9.28. The van der Waals surface area contributed by atoms with E-state index in [1.54, 1.807) is 0 Å². The molecule has 2 nitrogen and oxygen atoms in total. The summed E-state index contributed by atoms with van der Waals surface area (Å²) in [4.78, 5) is 2.34. The molecule has 0 aromatic carbocycles. The minimum absolute atomic E-state index is 0.296. The van der Waals surface area contributed by atoms with Gasteiger partial charge in [0, 0.05) is 19.1 Å². The Balaban J connectivity index is 2.18. The summed E-state index contributed by atoms with van der Waals surface area (Å²) < 4.78 is 0. The van der Waals surface area contributed by atoms with Crippen molar-refractivity contribution in [3.63, 3.8) is 0 Å². The maximum absolute atomic E-state index is 8.85. The number of aliphatic hydroxyl groups excluding tert-OH is 1. The van der Waals surface area contributed by atoms with E-state index in [4.69, 9.17) is 5.11 Å². The van der Waals surface area contributed by atoms with Crippen LogP contribution in [-0.2, 0) is 0 Å². The molecule has 66 valence electrons. The van der Waals surface area contributed by atoms with E-state index in [9.17, 15) is 0 Å². The number of aliphatic hydroxyl groups is 1. The third-order valence-corrected chi connectivity index (χ3v) is 2.77. The van der Waals surface area contributed by atoms with Gasteiger partial charge >= 0.3 is 0 Å². The van der Waals surface area contributed by atoms with Crippen LogP contribution in [0.4, 0.5) is 0 Å². The summed E-state index contributed by atoms with van der Waals surface area (Å²) in [6.07, 6.45) is 0. The third-order valence-electron chi connectivity index (χ3n) is 2.77. The van der Waals surface area contributed by atoms with Gasteiger partial charge in [0.2, 0.25) is 0 Å². The van der Waals surface area contributed by atoms with Gasteiger partial charge in [0.05, 0.1) is 6.61 Å². The van der Waals surface area contributed by atoms with Crippen molar-refractivity contribution in [1.29, 1.82) is 0 Å². The van der Waals surface area contributed by atoms with E-state index in [-0.39, 0.29) is 0 Å². The van der Waals surface area contributed by atoms with Crippen molar-refractivity contribution in [2.24, 2.45) is 11.8 Å². The minimum Gasteiger partial charge on any atom is -0.395 e. The summed E-state index contributed by atoms with van der Waals surface area (Å²) in [6, 6.07) is 0.366. The van der Waals surface area contributed by atoms with E-state index >= 15 is 0 Å². The highest BCUT2D eigenvalue weighted by atomic mass is 16.3. The lowest BCUT2D eigenvalue weighted by atomic mass is 9.87. The minimum atomic E-state index is 0.296. The highest BCUT2D eigenvalue weighted by Gasteiger charge is 2.31. The number of likely N-dealkylation sites (tertiary alicyclic amines) is 1. The molecule has 0 spiro atoms. The molecule has 0 saturated carbocycles. The van der Waals surface area contributed by atoms with Crippen LogP contribution in [0.5, 0.6) is 0 Å². The maximum Gasteiger partial charge on any atom is 0.0584 e. The number of hydrogen-bond donors (Lipinski definition) is 1. The Kier molecular flexibility index (Phi) is 2.90. The quantitative estimate of drug-likeness (QED) is 0.659. The zero-order valence-electron chi connectivity index (χ0n) is 7.75. The monoisotopic (exact) mass is 157 g/mol. The Bertz CT molecular complexity index is 119. The zero-order valence-corrected chi connectivity index (χ0v) is 7.75. The SMILES string of the molecule is CC(C)C1CN(C(C)CO)C1. The van der Waals surface area contributed by atoms with Gasteiger partial charge in [-0.2, -0.15) is 0 Å². The lowest BCUT2D eigenvalue weighted by Gasteiger charge is -2.44. The second-order valence-electron chi connectivity index (χ2n) is 3.99. The molecule has 0 bridgehead atoms. The normalized spacial score (nSPS) is 23.7. The summed E-state index contributed by atoms with van der Waals surface area (Å²) in [5, 5.41) is 8.85. The lowest BCUT2D eigenvalue weighted by molar-refractivity contribution is 0.0123. The first-order valence-corrected chi connectivity index (χ1v) is 4.50. The first-order chi connectivity index (χ1) is 5.15. The second-order valence-corrected chi connectivity index (χ2v) is 3.99. The fourth-order valence-electron chi connectivity index (χ4n) is 1.45. The third kappa shape index (κ3) is 1.94. The molecule has 1 saturated heterocycles. The largest absolute Gasteiger partial charge is 0.395 e. The van der Waals surface area contributed by atoms with Crippen molar-refractivity contribution in [1.82, 2.24) is 4.90 Å². The molecule has 1 unspecified atom stereocenters. The Morgan fingerprint density at radius 2 is 1.91 bits per heavy atom. The van der Waals surface area contributed by atoms with Crippen LogP contribution in [0.25, 0.3) is 0 Å². The van der Waals surface area contributed by atoms with Crippen LogP contribution in [0, 0.1) is 11.8 Å². The first-order valence-electron chi connectivity index (χ1n) is 4.50. The van der Waals surface area contributed by atoms with E-state index < -0.39 is 0 Å². The molecule has 1 heterocycles. The molecule has 11 heavy (non-hydrogen) atoms. The molecular weight excluding hydrogens is 138 g/mol. The number of nitrogens with zero attached hydrogens (tertiary/aromatic N) is 1. The van der Waals surface area contributed by atoms with Crippen LogP contribution in [0.3, 0.4) is 0 Å². The van der Waals surface area contributed by atoms with Crippen LogP contribution in [-0.4, -0.2) is 35.7 Å². The van der Waals surface area contributed by atoms with Gasteiger partial charge < -0.3 is 5.11 Å². The van der Waals surface area contributed by atoms with Gasteiger partial charge in [-0.1, -0.05) is 13.8 Å². The van der Waals surface area contributed by atoms with Gasteiger partial charge in [-0.05, 0) is 18.8 Å². The van der Waals surface area contributed by atoms with Crippen LogP contribution in [0.15, 0.2) is 0 Å². The van der Waals surface area contributed by atoms with Crippen molar-refractivity contribution in [3.8, 4) is 0 Å². The first kappa shape index (κ1) is 9.01. The van der Waals surface area contributed by atoms with E-state index in [1.807, 2.05) is 0 Å². The van der Waals surface area contributed by atoms with Gasteiger partial charge in [-0.25, -0.2) is 0 Å². The number of rotatable bonds is 3. The molecule has 1 aliphatic heterocycles. The van der Waals surface area contributed by atoms with Gasteiger partial charge in [0.15, 0.2) is 0 Å². The van der Waals surface area contributed by atoms with E-state index in [0.29, 0.717) is 12.6 Å². The predicted molar refractivity (Wildman–Crippen MR) is 46.4 cm³/mol. The van der Waals surface area contributed by atoms with Crippen LogP contribution < -0.4 is 0 Å². The van der Waals surface area contributed by atoms with Crippen molar-refractivity contribution in [3.05, 3.63) is 0 Å². The van der Waals surface area contributed by atoms with Crippen molar-refractivity contribution in [2.45, 2.75) is 26.8 Å². The maximum atomic E-state index is 8.85.